The van der Waals surface area contributed by atoms with Gasteiger partial charge in [-0.1, -0.05) is 24.3 Å². The van der Waals surface area contributed by atoms with E-state index in [2.05, 4.69) is 9.88 Å². The van der Waals surface area contributed by atoms with Crippen molar-refractivity contribution in [2.45, 2.75) is 38.8 Å². The van der Waals surface area contributed by atoms with Gasteiger partial charge in [0.15, 0.2) is 0 Å². The molecule has 28 heavy (non-hydrogen) atoms. The van der Waals surface area contributed by atoms with Crippen LogP contribution < -0.4 is 21.9 Å². The number of rotatable bonds is 2. The second kappa shape index (κ2) is 6.90. The summed E-state index contributed by atoms with van der Waals surface area (Å²) in [5, 5.41) is 0. The minimum atomic E-state index is -0.119. The van der Waals surface area contributed by atoms with Crippen molar-refractivity contribution in [1.29, 1.82) is 0 Å². The summed E-state index contributed by atoms with van der Waals surface area (Å²) in [4.78, 5) is 19.9. The van der Waals surface area contributed by atoms with Gasteiger partial charge in [-0.3, -0.25) is 9.36 Å². The molecule has 2 saturated heterocycles. The van der Waals surface area contributed by atoms with E-state index >= 15 is 0 Å². The third kappa shape index (κ3) is 2.89. The summed E-state index contributed by atoms with van der Waals surface area (Å²) in [6.07, 6.45) is 1.94. The third-order valence-electron chi connectivity index (χ3n) is 6.60. The zero-order chi connectivity index (χ0) is 20.1. The zero-order valence-electron chi connectivity index (χ0n) is 16.8. The molecular weight excluding hydrogens is 354 g/mol. The number of nitrogens with zero attached hydrogens (tertiary/aromatic N) is 3. The van der Waals surface area contributed by atoms with E-state index in [1.807, 2.05) is 38.1 Å². The molecule has 2 atom stereocenters. The predicted molar refractivity (Wildman–Crippen MR) is 111 cm³/mol. The fourth-order valence-corrected chi connectivity index (χ4v) is 4.62. The Morgan fingerprint density at radius 3 is 2.54 bits per heavy atom. The van der Waals surface area contributed by atoms with Crippen molar-refractivity contribution in [1.82, 2.24) is 9.55 Å². The van der Waals surface area contributed by atoms with E-state index in [9.17, 15) is 4.79 Å². The van der Waals surface area contributed by atoms with E-state index in [0.29, 0.717) is 18.1 Å². The van der Waals surface area contributed by atoms with Gasteiger partial charge in [-0.2, -0.15) is 4.98 Å². The van der Waals surface area contributed by atoms with Crippen LogP contribution in [-0.4, -0.2) is 41.4 Å². The fraction of sp³-hybridized carbons (Fsp3) is 0.524. The standard InChI is InChI=1S/C21H29N5O2/c1-13-6-4-5-7-15(13)16-18(23)24-20(25(3)19(16)27)26-10-8-21(9-11-26)12-28-14(2)17(21)22/h4-7,14,17H,8-12,22-23H2,1-3H3/t14-,17+/m0/s1. The molecule has 2 aromatic rings. The van der Waals surface area contributed by atoms with Gasteiger partial charge < -0.3 is 21.1 Å². The topological polar surface area (TPSA) is 99.4 Å². The molecule has 0 radical (unpaired) electrons. The van der Waals surface area contributed by atoms with Crippen molar-refractivity contribution in [3.8, 4) is 11.1 Å². The van der Waals surface area contributed by atoms with Crippen LogP contribution in [0.2, 0.25) is 0 Å². The summed E-state index contributed by atoms with van der Waals surface area (Å²) in [6.45, 7) is 6.30. The summed E-state index contributed by atoms with van der Waals surface area (Å²) in [5.41, 5.74) is 14.9. The minimum absolute atomic E-state index is 0.0292. The first-order valence-corrected chi connectivity index (χ1v) is 9.89. The third-order valence-corrected chi connectivity index (χ3v) is 6.60. The maximum absolute atomic E-state index is 13.1. The maximum Gasteiger partial charge on any atom is 0.264 e. The molecule has 2 aliphatic rings. The van der Waals surface area contributed by atoms with Crippen LogP contribution in [0.5, 0.6) is 0 Å². The number of hydrogen-bond donors (Lipinski definition) is 2. The number of anilines is 2. The van der Waals surface area contributed by atoms with E-state index in [-0.39, 0.29) is 28.9 Å². The number of aromatic nitrogens is 2. The molecule has 3 heterocycles. The van der Waals surface area contributed by atoms with Gasteiger partial charge in [0.1, 0.15) is 5.82 Å². The van der Waals surface area contributed by atoms with Gasteiger partial charge in [0.2, 0.25) is 5.95 Å². The second-order valence-corrected chi connectivity index (χ2v) is 8.24. The van der Waals surface area contributed by atoms with E-state index in [1.54, 1.807) is 11.6 Å². The van der Waals surface area contributed by atoms with Gasteiger partial charge in [0, 0.05) is 31.6 Å². The van der Waals surface area contributed by atoms with Gasteiger partial charge in [-0.25, -0.2) is 0 Å². The van der Waals surface area contributed by atoms with Crippen LogP contribution in [0.3, 0.4) is 0 Å². The van der Waals surface area contributed by atoms with Crippen molar-refractivity contribution >= 4 is 11.8 Å². The Bertz CT molecular complexity index is 946. The highest BCUT2D eigenvalue weighted by molar-refractivity contribution is 5.76. The molecule has 4 rings (SSSR count). The molecule has 1 aromatic heterocycles. The first kappa shape index (κ1) is 19.0. The highest BCUT2D eigenvalue weighted by Crippen LogP contribution is 2.41. The molecule has 0 unspecified atom stereocenters. The molecule has 0 saturated carbocycles. The van der Waals surface area contributed by atoms with Crippen LogP contribution in [0.15, 0.2) is 29.1 Å². The number of aryl methyl sites for hydroxylation is 1. The van der Waals surface area contributed by atoms with Gasteiger partial charge >= 0.3 is 0 Å². The Kier molecular flexibility index (Phi) is 4.67. The Morgan fingerprint density at radius 1 is 1.25 bits per heavy atom. The summed E-state index contributed by atoms with van der Waals surface area (Å²) in [7, 11) is 1.77. The Balaban J connectivity index is 1.64. The van der Waals surface area contributed by atoms with Crippen molar-refractivity contribution in [2.24, 2.45) is 18.2 Å². The molecule has 1 aromatic carbocycles. The quantitative estimate of drug-likeness (QED) is 0.818. The lowest BCUT2D eigenvalue weighted by Gasteiger charge is -2.41. The molecule has 1 spiro atoms. The first-order chi connectivity index (χ1) is 13.3. The predicted octanol–water partition coefficient (Wildman–Crippen LogP) is 1.67. The van der Waals surface area contributed by atoms with Crippen LogP contribution in [-0.2, 0) is 11.8 Å². The summed E-state index contributed by atoms with van der Waals surface area (Å²) in [5.74, 6) is 0.900. The molecule has 150 valence electrons. The Labute approximate surface area is 165 Å². The Morgan fingerprint density at radius 2 is 1.93 bits per heavy atom. The van der Waals surface area contributed by atoms with Crippen LogP contribution in [0.1, 0.15) is 25.3 Å². The number of ether oxygens (including phenoxy) is 1. The molecular formula is C21H29N5O2. The smallest absolute Gasteiger partial charge is 0.264 e. The molecule has 4 N–H and O–H groups in total. The molecule has 7 heteroatoms. The highest BCUT2D eigenvalue weighted by Gasteiger charge is 2.47. The van der Waals surface area contributed by atoms with Crippen LogP contribution >= 0.6 is 0 Å². The van der Waals surface area contributed by atoms with E-state index in [1.165, 1.54) is 0 Å². The molecule has 0 bridgehead atoms. The normalized spacial score (nSPS) is 24.1. The SMILES string of the molecule is Cc1ccccc1-c1c(N)nc(N2CCC3(CC2)CO[C@@H](C)[C@H]3N)n(C)c1=O. The lowest BCUT2D eigenvalue weighted by Crippen LogP contribution is -2.51. The maximum atomic E-state index is 13.1. The fourth-order valence-electron chi connectivity index (χ4n) is 4.62. The van der Waals surface area contributed by atoms with Crippen molar-refractivity contribution in [2.75, 3.05) is 30.3 Å². The highest BCUT2D eigenvalue weighted by atomic mass is 16.5. The van der Waals surface area contributed by atoms with Gasteiger partial charge in [-0.05, 0) is 37.8 Å². The Hall–Kier alpha value is -2.38. The average Bonchev–Trinajstić information content (AvgIpc) is 2.96. The summed E-state index contributed by atoms with van der Waals surface area (Å²) >= 11 is 0. The summed E-state index contributed by atoms with van der Waals surface area (Å²) < 4.78 is 7.42. The van der Waals surface area contributed by atoms with Gasteiger partial charge in [-0.15, -0.1) is 0 Å². The van der Waals surface area contributed by atoms with Crippen molar-refractivity contribution in [3.05, 3.63) is 40.2 Å². The number of nitrogens with two attached hydrogens (primary N) is 2. The summed E-state index contributed by atoms with van der Waals surface area (Å²) in [6, 6.07) is 7.80. The van der Waals surface area contributed by atoms with Crippen molar-refractivity contribution in [3.63, 3.8) is 0 Å². The lowest BCUT2D eigenvalue weighted by atomic mass is 9.73. The van der Waals surface area contributed by atoms with Gasteiger partial charge in [0.05, 0.1) is 18.3 Å². The van der Waals surface area contributed by atoms with E-state index < -0.39 is 0 Å². The average molecular weight is 383 g/mol. The number of hydrogen-bond acceptors (Lipinski definition) is 6. The van der Waals surface area contributed by atoms with Crippen LogP contribution in [0.4, 0.5) is 11.8 Å². The van der Waals surface area contributed by atoms with E-state index in [0.717, 1.165) is 37.1 Å². The second-order valence-electron chi connectivity index (χ2n) is 8.24. The molecule has 2 fully saturated rings. The zero-order valence-corrected chi connectivity index (χ0v) is 16.8. The van der Waals surface area contributed by atoms with Crippen LogP contribution in [0, 0.1) is 12.3 Å². The molecule has 2 aliphatic heterocycles. The largest absolute Gasteiger partial charge is 0.383 e. The molecule has 0 aliphatic carbocycles. The lowest BCUT2D eigenvalue weighted by molar-refractivity contribution is 0.0973. The monoisotopic (exact) mass is 383 g/mol. The number of benzene rings is 1. The van der Waals surface area contributed by atoms with Gasteiger partial charge in [0.25, 0.3) is 5.56 Å². The number of piperidine rings is 1. The minimum Gasteiger partial charge on any atom is -0.383 e. The first-order valence-electron chi connectivity index (χ1n) is 9.89. The molecule has 7 nitrogen and oxygen atoms in total. The van der Waals surface area contributed by atoms with E-state index in [4.69, 9.17) is 16.2 Å². The number of nitrogen functional groups attached to an aromatic ring is 1. The molecule has 0 amide bonds. The van der Waals surface area contributed by atoms with Crippen LogP contribution in [0.25, 0.3) is 11.1 Å². The van der Waals surface area contributed by atoms with Crippen molar-refractivity contribution < 1.29 is 4.74 Å².